The second kappa shape index (κ2) is 8.03. The number of ether oxygens (including phenoxy) is 1. The highest BCUT2D eigenvalue weighted by molar-refractivity contribution is 5.89. The molecule has 25 heavy (non-hydrogen) atoms. The quantitative estimate of drug-likeness (QED) is 0.744. The Bertz CT molecular complexity index is 696. The zero-order chi connectivity index (χ0) is 18.4. The predicted octanol–water partition coefficient (Wildman–Crippen LogP) is 4.57. The lowest BCUT2D eigenvalue weighted by molar-refractivity contribution is 0.0636. The molecule has 0 spiro atoms. The third-order valence-corrected chi connectivity index (χ3v) is 3.56. The molecule has 0 aliphatic carbocycles. The Balaban J connectivity index is 2.08. The number of hydrogen-bond donors (Lipinski definition) is 3. The van der Waals surface area contributed by atoms with Crippen molar-refractivity contribution < 1.29 is 14.6 Å². The van der Waals surface area contributed by atoms with Crippen molar-refractivity contribution in [1.29, 1.82) is 0 Å². The van der Waals surface area contributed by atoms with Gasteiger partial charge in [-0.3, -0.25) is 5.32 Å². The number of aliphatic hydroxyl groups excluding tert-OH is 1. The molecule has 0 aromatic heterocycles. The number of para-hydroxylation sites is 2. The molecular weight excluding hydrogens is 316 g/mol. The number of rotatable bonds is 5. The lowest BCUT2D eigenvalue weighted by atomic mass is 10.0. The highest BCUT2D eigenvalue weighted by Gasteiger charge is 2.19. The fourth-order valence-electron chi connectivity index (χ4n) is 2.39. The van der Waals surface area contributed by atoms with Crippen molar-refractivity contribution in [2.45, 2.75) is 45.4 Å². The average Bonchev–Trinajstić information content (AvgIpc) is 2.55. The van der Waals surface area contributed by atoms with Crippen LogP contribution in [0.1, 0.15) is 39.4 Å². The molecule has 2 rings (SSSR count). The Kier molecular flexibility index (Phi) is 6.04. The molecule has 0 heterocycles. The number of anilines is 2. The van der Waals surface area contributed by atoms with E-state index in [1.165, 1.54) is 0 Å². The van der Waals surface area contributed by atoms with Crippen LogP contribution in [0.25, 0.3) is 0 Å². The van der Waals surface area contributed by atoms with Crippen LogP contribution in [-0.4, -0.2) is 22.8 Å². The van der Waals surface area contributed by atoms with Gasteiger partial charge in [-0.1, -0.05) is 42.5 Å². The zero-order valence-corrected chi connectivity index (χ0v) is 15.1. The number of benzene rings is 2. The van der Waals surface area contributed by atoms with Crippen LogP contribution in [0.5, 0.6) is 0 Å². The minimum atomic E-state index is -0.671. The highest BCUT2D eigenvalue weighted by atomic mass is 16.6. The standard InChI is InChI=1S/C20H26N2O3/c1-14(18(23)15-10-6-5-7-11-15)21-16-12-8-9-13-17(16)22-19(24)25-20(2,3)4/h5-14,18,21,23H,1-4H3,(H,22,24)/t14-,18-/m0/s1. The molecule has 2 aromatic rings. The van der Waals surface area contributed by atoms with E-state index < -0.39 is 17.8 Å². The first-order chi connectivity index (χ1) is 11.8. The third kappa shape index (κ3) is 5.80. The molecule has 0 saturated carbocycles. The van der Waals surface area contributed by atoms with Gasteiger partial charge in [0.05, 0.1) is 23.5 Å². The Labute approximate surface area is 149 Å². The van der Waals surface area contributed by atoms with E-state index in [1.807, 2.05) is 76.2 Å². The van der Waals surface area contributed by atoms with E-state index in [2.05, 4.69) is 10.6 Å². The van der Waals surface area contributed by atoms with Crippen LogP contribution in [0, 0.1) is 0 Å². The maximum atomic E-state index is 12.0. The molecule has 0 fully saturated rings. The number of amides is 1. The van der Waals surface area contributed by atoms with Crippen molar-refractivity contribution in [2.24, 2.45) is 0 Å². The summed E-state index contributed by atoms with van der Waals surface area (Å²) in [6.45, 7) is 7.33. The number of nitrogens with one attached hydrogen (secondary N) is 2. The van der Waals surface area contributed by atoms with E-state index in [-0.39, 0.29) is 6.04 Å². The number of carbonyl (C=O) groups is 1. The number of aliphatic hydroxyl groups is 1. The van der Waals surface area contributed by atoms with Crippen molar-refractivity contribution in [3.05, 3.63) is 60.2 Å². The first kappa shape index (κ1) is 18.8. The van der Waals surface area contributed by atoms with Crippen LogP contribution in [0.4, 0.5) is 16.2 Å². The first-order valence-electron chi connectivity index (χ1n) is 8.35. The van der Waals surface area contributed by atoms with E-state index in [0.29, 0.717) is 5.69 Å². The van der Waals surface area contributed by atoms with Crippen molar-refractivity contribution in [2.75, 3.05) is 10.6 Å². The maximum Gasteiger partial charge on any atom is 0.412 e. The Hall–Kier alpha value is -2.53. The normalized spacial score (nSPS) is 13.6. The van der Waals surface area contributed by atoms with Crippen molar-refractivity contribution in [1.82, 2.24) is 0 Å². The molecular formula is C20H26N2O3. The second-order valence-electron chi connectivity index (χ2n) is 6.96. The van der Waals surface area contributed by atoms with Gasteiger partial charge < -0.3 is 15.2 Å². The van der Waals surface area contributed by atoms with Crippen LogP contribution >= 0.6 is 0 Å². The fourth-order valence-corrected chi connectivity index (χ4v) is 2.39. The van der Waals surface area contributed by atoms with Gasteiger partial charge in [0.25, 0.3) is 0 Å². The second-order valence-corrected chi connectivity index (χ2v) is 6.96. The summed E-state index contributed by atoms with van der Waals surface area (Å²) in [5, 5.41) is 16.5. The summed E-state index contributed by atoms with van der Waals surface area (Å²) in [4.78, 5) is 12.0. The predicted molar refractivity (Wildman–Crippen MR) is 101 cm³/mol. The first-order valence-corrected chi connectivity index (χ1v) is 8.35. The van der Waals surface area contributed by atoms with Gasteiger partial charge in [0, 0.05) is 0 Å². The lowest BCUT2D eigenvalue weighted by Crippen LogP contribution is -2.28. The summed E-state index contributed by atoms with van der Waals surface area (Å²) in [6.07, 6.45) is -1.19. The summed E-state index contributed by atoms with van der Waals surface area (Å²) in [5.41, 5.74) is 1.59. The number of carbonyl (C=O) groups excluding carboxylic acids is 1. The fraction of sp³-hybridized carbons (Fsp3) is 0.350. The van der Waals surface area contributed by atoms with E-state index in [9.17, 15) is 9.90 Å². The molecule has 0 saturated heterocycles. The van der Waals surface area contributed by atoms with Crippen LogP contribution in [-0.2, 0) is 4.74 Å². The zero-order valence-electron chi connectivity index (χ0n) is 15.1. The Morgan fingerprint density at radius 1 is 1.00 bits per heavy atom. The third-order valence-electron chi connectivity index (χ3n) is 3.56. The SMILES string of the molecule is C[C@H](Nc1ccccc1NC(=O)OC(C)(C)C)[C@H](O)c1ccccc1. The molecule has 5 nitrogen and oxygen atoms in total. The van der Waals surface area contributed by atoms with Crippen LogP contribution in [0.15, 0.2) is 54.6 Å². The largest absolute Gasteiger partial charge is 0.444 e. The molecule has 0 bridgehead atoms. The van der Waals surface area contributed by atoms with Gasteiger partial charge in [0.1, 0.15) is 5.60 Å². The smallest absolute Gasteiger partial charge is 0.412 e. The van der Waals surface area contributed by atoms with Crippen LogP contribution in [0.3, 0.4) is 0 Å². The Morgan fingerprint density at radius 2 is 1.56 bits per heavy atom. The minimum Gasteiger partial charge on any atom is -0.444 e. The monoisotopic (exact) mass is 342 g/mol. The Morgan fingerprint density at radius 3 is 2.16 bits per heavy atom. The van der Waals surface area contributed by atoms with E-state index >= 15 is 0 Å². The van der Waals surface area contributed by atoms with Gasteiger partial charge in [-0.2, -0.15) is 0 Å². The van der Waals surface area contributed by atoms with Gasteiger partial charge in [0.2, 0.25) is 0 Å². The topological polar surface area (TPSA) is 70.6 Å². The molecule has 0 aliphatic heterocycles. The molecule has 3 N–H and O–H groups in total. The summed E-state index contributed by atoms with van der Waals surface area (Å²) in [6, 6.07) is 16.5. The van der Waals surface area contributed by atoms with Crippen molar-refractivity contribution in [3.63, 3.8) is 0 Å². The summed E-state index contributed by atoms with van der Waals surface area (Å²) in [7, 11) is 0. The molecule has 2 aromatic carbocycles. The van der Waals surface area contributed by atoms with E-state index in [1.54, 1.807) is 6.07 Å². The van der Waals surface area contributed by atoms with Crippen molar-refractivity contribution >= 4 is 17.5 Å². The van der Waals surface area contributed by atoms with Crippen LogP contribution in [0.2, 0.25) is 0 Å². The molecule has 0 unspecified atom stereocenters. The molecule has 134 valence electrons. The van der Waals surface area contributed by atoms with E-state index in [0.717, 1.165) is 11.3 Å². The average molecular weight is 342 g/mol. The van der Waals surface area contributed by atoms with Gasteiger partial charge in [-0.15, -0.1) is 0 Å². The number of hydrogen-bond acceptors (Lipinski definition) is 4. The lowest BCUT2D eigenvalue weighted by Gasteiger charge is -2.24. The molecule has 1 amide bonds. The minimum absolute atomic E-state index is 0.246. The summed E-state index contributed by atoms with van der Waals surface area (Å²) < 4.78 is 5.29. The summed E-state index contributed by atoms with van der Waals surface area (Å²) >= 11 is 0. The van der Waals surface area contributed by atoms with Gasteiger partial charge >= 0.3 is 6.09 Å². The molecule has 0 aliphatic rings. The molecule has 0 radical (unpaired) electrons. The van der Waals surface area contributed by atoms with Gasteiger partial charge in [0.15, 0.2) is 0 Å². The van der Waals surface area contributed by atoms with E-state index in [4.69, 9.17) is 4.74 Å². The maximum absolute atomic E-state index is 12.0. The van der Waals surface area contributed by atoms with Crippen LogP contribution < -0.4 is 10.6 Å². The molecule has 2 atom stereocenters. The van der Waals surface area contributed by atoms with Gasteiger partial charge in [-0.25, -0.2) is 4.79 Å². The summed E-state index contributed by atoms with van der Waals surface area (Å²) in [5.74, 6) is 0. The van der Waals surface area contributed by atoms with Crippen molar-refractivity contribution in [3.8, 4) is 0 Å². The molecule has 5 heteroatoms. The highest BCUT2D eigenvalue weighted by Crippen LogP contribution is 2.26. The van der Waals surface area contributed by atoms with Gasteiger partial charge in [-0.05, 0) is 45.4 Å².